The molecule has 0 spiro atoms. The molecule has 4 aliphatic rings. The second-order valence-corrected chi connectivity index (χ2v) is 17.1. The number of anilines is 5. The maximum Gasteiger partial charge on any atom is 0.333 e. The van der Waals surface area contributed by atoms with E-state index in [4.69, 9.17) is 4.74 Å². The molecule has 0 saturated carbocycles. The van der Waals surface area contributed by atoms with Crippen molar-refractivity contribution >= 4 is 58.0 Å². The van der Waals surface area contributed by atoms with Gasteiger partial charge in [0, 0.05) is 39.8 Å². The van der Waals surface area contributed by atoms with E-state index in [0.717, 1.165) is 21.3 Å². The summed E-state index contributed by atoms with van der Waals surface area (Å²) in [6.45, 7) is 13.7. The fourth-order valence-electron chi connectivity index (χ4n) is 10.0. The molecule has 0 bridgehead atoms. The first-order valence-corrected chi connectivity index (χ1v) is 19.8. The Morgan fingerprint density at radius 2 is 1.30 bits per heavy atom. The third kappa shape index (κ3) is 4.27. The van der Waals surface area contributed by atoms with Gasteiger partial charge in [-0.3, -0.25) is 0 Å². The van der Waals surface area contributed by atoms with E-state index in [-0.39, 0.29) is 12.3 Å². The van der Waals surface area contributed by atoms with Crippen molar-refractivity contribution in [1.29, 1.82) is 0 Å². The molecule has 54 heavy (non-hydrogen) atoms. The largest absolute Gasteiger partial charge is 0.455 e. The molecule has 0 atom stereocenters. The summed E-state index contributed by atoms with van der Waals surface area (Å²) < 4.78 is 6.73. The lowest BCUT2D eigenvalue weighted by Crippen LogP contribution is -2.62. The van der Waals surface area contributed by atoms with Crippen LogP contribution >= 0.6 is 11.8 Å². The van der Waals surface area contributed by atoms with Crippen LogP contribution in [0.25, 0.3) is 22.3 Å². The lowest BCUT2D eigenvalue weighted by molar-refractivity contribution is 0.455. The Kier molecular flexibility index (Phi) is 6.60. The minimum atomic E-state index is -0.182. The molecule has 0 unspecified atom stereocenters. The van der Waals surface area contributed by atoms with E-state index >= 15 is 0 Å². The zero-order valence-corrected chi connectivity index (χ0v) is 32.2. The summed E-state index contributed by atoms with van der Waals surface area (Å²) in [6, 6.07) is 47.7. The maximum absolute atomic E-state index is 6.73. The van der Waals surface area contributed by atoms with Crippen LogP contribution in [-0.2, 0) is 5.41 Å². The fraction of sp³-hybridized carbons (Fsp3) is 0.143. The van der Waals surface area contributed by atoms with Crippen LogP contribution in [0, 0.1) is 27.7 Å². The molecule has 4 heterocycles. The molecular weight excluding hydrogens is 675 g/mol. The number of fused-ring (bicyclic) bond motifs is 8. The van der Waals surface area contributed by atoms with E-state index < -0.39 is 0 Å². The minimum absolute atomic E-state index is 0.0632. The molecule has 3 nitrogen and oxygen atoms in total. The van der Waals surface area contributed by atoms with Crippen LogP contribution in [0.1, 0.15) is 47.2 Å². The zero-order valence-electron chi connectivity index (χ0n) is 31.4. The summed E-state index contributed by atoms with van der Waals surface area (Å²) in [4.78, 5) is 7.51. The molecule has 0 fully saturated rings. The van der Waals surface area contributed by atoms with Crippen molar-refractivity contribution in [3.8, 4) is 33.8 Å². The lowest BCUT2D eigenvalue weighted by Gasteiger charge is -2.50. The molecule has 0 saturated heterocycles. The van der Waals surface area contributed by atoms with Crippen LogP contribution in [-0.4, -0.2) is 6.85 Å². The maximum atomic E-state index is 6.73. The molecule has 0 radical (unpaired) electrons. The normalized spacial score (nSPS) is 15.0. The monoisotopic (exact) mass is 714 g/mol. The van der Waals surface area contributed by atoms with Crippen molar-refractivity contribution in [2.24, 2.45) is 0 Å². The Balaban J connectivity index is 1.30. The van der Waals surface area contributed by atoms with Gasteiger partial charge in [-0.1, -0.05) is 110 Å². The Morgan fingerprint density at radius 1 is 0.574 bits per heavy atom. The SMILES string of the molecule is Cc1cc(C)c(-c2cc3c4c(c2)N2c5ccccc5C(C)(C)c5cccc(c52)B4N(c2ccccc2C)c2cc4c(cc2-3)Sc2ccccc2O4)c(C)c1. The molecule has 7 aromatic carbocycles. The van der Waals surface area contributed by atoms with Gasteiger partial charge in [-0.05, 0) is 126 Å². The van der Waals surface area contributed by atoms with E-state index in [2.05, 4.69) is 179 Å². The minimum Gasteiger partial charge on any atom is -0.455 e. The second kappa shape index (κ2) is 11.2. The van der Waals surface area contributed by atoms with Crippen LogP contribution in [0.5, 0.6) is 11.5 Å². The number of hydrogen-bond donors (Lipinski definition) is 0. The number of para-hydroxylation sites is 4. The molecular formula is C49H39BN2OS. The van der Waals surface area contributed by atoms with Gasteiger partial charge in [0.25, 0.3) is 0 Å². The number of aryl methyl sites for hydroxylation is 4. The van der Waals surface area contributed by atoms with Gasteiger partial charge in [0.2, 0.25) is 0 Å². The Labute approximate surface area is 322 Å². The second-order valence-electron chi connectivity index (χ2n) is 16.0. The summed E-state index contributed by atoms with van der Waals surface area (Å²) >= 11 is 1.80. The van der Waals surface area contributed by atoms with Gasteiger partial charge < -0.3 is 14.4 Å². The fourth-order valence-corrected chi connectivity index (χ4v) is 11.0. The molecule has 0 aromatic heterocycles. The molecule has 11 rings (SSSR count). The van der Waals surface area contributed by atoms with Crippen LogP contribution in [0.3, 0.4) is 0 Å². The third-order valence-corrected chi connectivity index (χ3v) is 13.3. The molecule has 7 aromatic rings. The van der Waals surface area contributed by atoms with Gasteiger partial charge in [0.1, 0.15) is 11.5 Å². The highest BCUT2D eigenvalue weighted by molar-refractivity contribution is 7.99. The predicted molar refractivity (Wildman–Crippen MR) is 227 cm³/mol. The van der Waals surface area contributed by atoms with Crippen LogP contribution in [0.2, 0.25) is 0 Å². The van der Waals surface area contributed by atoms with Crippen molar-refractivity contribution in [3.05, 3.63) is 161 Å². The summed E-state index contributed by atoms with van der Waals surface area (Å²) in [5.74, 6) is 1.82. The highest BCUT2D eigenvalue weighted by atomic mass is 32.2. The Hall–Kier alpha value is -5.65. The van der Waals surface area contributed by atoms with Crippen molar-refractivity contribution in [2.45, 2.75) is 56.7 Å². The number of hydrogen-bond acceptors (Lipinski definition) is 4. The first kappa shape index (κ1) is 31.8. The molecule has 0 amide bonds. The predicted octanol–water partition coefficient (Wildman–Crippen LogP) is 12.2. The van der Waals surface area contributed by atoms with Gasteiger partial charge in [-0.15, -0.1) is 0 Å². The van der Waals surface area contributed by atoms with E-state index in [0.29, 0.717) is 0 Å². The number of rotatable bonds is 2. The third-order valence-electron chi connectivity index (χ3n) is 12.2. The first-order valence-electron chi connectivity index (χ1n) is 19.0. The summed E-state index contributed by atoms with van der Waals surface area (Å²) in [5.41, 5.74) is 21.6. The standard InChI is InChI=1S/C49H39BN2OS/c1-28-22-30(3)46(31(4)23-28)32-24-34-33-26-45-43(53-42-20-11-12-21-44(42)54-45)27-40(33)52(38-18-9-7-14-29(38)2)50-37-17-13-16-36-48(37)51(41(25-32)47(34)50)39-19-10-8-15-35(39)49(36,5)6/h7-27H,1-6H3. The van der Waals surface area contributed by atoms with Gasteiger partial charge in [0.15, 0.2) is 0 Å². The molecule has 5 heteroatoms. The van der Waals surface area contributed by atoms with Gasteiger partial charge in [-0.2, -0.15) is 0 Å². The Bertz CT molecular complexity index is 2760. The highest BCUT2D eigenvalue weighted by Crippen LogP contribution is 2.57. The van der Waals surface area contributed by atoms with E-state index in [1.54, 1.807) is 11.8 Å². The molecule has 0 aliphatic carbocycles. The van der Waals surface area contributed by atoms with Crippen LogP contribution in [0.4, 0.5) is 28.4 Å². The summed E-state index contributed by atoms with van der Waals surface area (Å²) in [6.07, 6.45) is 0. The van der Waals surface area contributed by atoms with Crippen molar-refractivity contribution in [3.63, 3.8) is 0 Å². The quantitative estimate of drug-likeness (QED) is 0.166. The van der Waals surface area contributed by atoms with E-state index in [1.807, 2.05) is 0 Å². The number of nitrogens with zero attached hydrogens (tertiary/aromatic N) is 2. The van der Waals surface area contributed by atoms with E-state index in [9.17, 15) is 0 Å². The molecule has 0 N–H and O–H groups in total. The molecule has 4 aliphatic heterocycles. The Morgan fingerprint density at radius 3 is 2.11 bits per heavy atom. The van der Waals surface area contributed by atoms with Gasteiger partial charge >= 0.3 is 6.85 Å². The van der Waals surface area contributed by atoms with Crippen LogP contribution in [0.15, 0.2) is 137 Å². The van der Waals surface area contributed by atoms with Crippen LogP contribution < -0.4 is 25.4 Å². The van der Waals surface area contributed by atoms with E-state index in [1.165, 1.54) is 95.0 Å². The smallest absolute Gasteiger partial charge is 0.333 e. The summed E-state index contributed by atoms with van der Waals surface area (Å²) in [5, 5.41) is 0. The van der Waals surface area contributed by atoms with Crippen molar-refractivity contribution in [1.82, 2.24) is 0 Å². The first-order chi connectivity index (χ1) is 26.2. The van der Waals surface area contributed by atoms with Gasteiger partial charge in [0.05, 0.1) is 15.5 Å². The lowest BCUT2D eigenvalue weighted by atomic mass is 9.42. The number of benzene rings is 7. The average molecular weight is 715 g/mol. The van der Waals surface area contributed by atoms with Crippen molar-refractivity contribution < 1.29 is 4.74 Å². The van der Waals surface area contributed by atoms with Crippen molar-refractivity contribution in [2.75, 3.05) is 9.71 Å². The highest BCUT2D eigenvalue weighted by Gasteiger charge is 2.50. The van der Waals surface area contributed by atoms with Gasteiger partial charge in [-0.25, -0.2) is 0 Å². The summed E-state index contributed by atoms with van der Waals surface area (Å²) in [7, 11) is 0. The zero-order chi connectivity index (χ0) is 36.6. The molecule has 260 valence electrons. The average Bonchev–Trinajstić information content (AvgIpc) is 3.16. The number of ether oxygens (including phenoxy) is 1. The topological polar surface area (TPSA) is 15.7 Å².